The van der Waals surface area contributed by atoms with E-state index in [0.717, 1.165) is 6.42 Å². The highest BCUT2D eigenvalue weighted by atomic mass is 16.4. The summed E-state index contributed by atoms with van der Waals surface area (Å²) in [4.78, 5) is 0. The second-order valence-electron chi connectivity index (χ2n) is 4.30. The van der Waals surface area contributed by atoms with Crippen LogP contribution in [0.2, 0.25) is 0 Å². The summed E-state index contributed by atoms with van der Waals surface area (Å²) in [6.45, 7) is 6.29. The molecule has 1 aromatic heterocycles. The monoisotopic (exact) mass is 168 g/mol. The Balaban J connectivity index is 2.56. The van der Waals surface area contributed by atoms with E-state index < -0.39 is 6.10 Å². The van der Waals surface area contributed by atoms with Gasteiger partial charge in [-0.25, -0.2) is 0 Å². The van der Waals surface area contributed by atoms with Crippen LogP contribution in [-0.4, -0.2) is 5.11 Å². The van der Waals surface area contributed by atoms with Gasteiger partial charge in [-0.15, -0.1) is 0 Å². The molecule has 1 N–H and O–H groups in total. The molecule has 0 aromatic carbocycles. The first kappa shape index (κ1) is 9.33. The molecule has 1 unspecified atom stereocenters. The lowest BCUT2D eigenvalue weighted by molar-refractivity contribution is 0.101. The topological polar surface area (TPSA) is 33.4 Å². The van der Waals surface area contributed by atoms with Gasteiger partial charge in [0.15, 0.2) is 0 Å². The van der Waals surface area contributed by atoms with Gasteiger partial charge in [0.05, 0.1) is 6.26 Å². The molecule has 12 heavy (non-hydrogen) atoms. The molecule has 1 aromatic rings. The lowest BCUT2D eigenvalue weighted by Crippen LogP contribution is -2.10. The summed E-state index contributed by atoms with van der Waals surface area (Å²) in [6, 6.07) is 3.59. The minimum atomic E-state index is -0.472. The van der Waals surface area contributed by atoms with E-state index in [1.54, 1.807) is 18.4 Å². The van der Waals surface area contributed by atoms with Crippen molar-refractivity contribution in [2.75, 3.05) is 0 Å². The molecule has 0 saturated carbocycles. The molecule has 0 amide bonds. The first-order valence-electron chi connectivity index (χ1n) is 4.20. The SMILES string of the molecule is CC(C)(C)CC(O)c1ccco1. The number of aliphatic hydroxyl groups excluding tert-OH is 1. The lowest BCUT2D eigenvalue weighted by Gasteiger charge is -2.20. The summed E-state index contributed by atoms with van der Waals surface area (Å²) < 4.78 is 5.09. The van der Waals surface area contributed by atoms with Gasteiger partial charge in [0.2, 0.25) is 0 Å². The zero-order valence-electron chi connectivity index (χ0n) is 7.87. The largest absolute Gasteiger partial charge is 0.467 e. The first-order chi connectivity index (χ1) is 5.49. The second-order valence-corrected chi connectivity index (χ2v) is 4.30. The molecule has 0 spiro atoms. The summed E-state index contributed by atoms with van der Waals surface area (Å²) >= 11 is 0. The van der Waals surface area contributed by atoms with E-state index >= 15 is 0 Å². The number of hydrogen-bond acceptors (Lipinski definition) is 2. The quantitative estimate of drug-likeness (QED) is 0.736. The maximum absolute atomic E-state index is 9.65. The third-order valence-electron chi connectivity index (χ3n) is 1.68. The molecule has 0 aliphatic rings. The van der Waals surface area contributed by atoms with Crippen LogP contribution in [0.4, 0.5) is 0 Å². The van der Waals surface area contributed by atoms with Crippen LogP contribution in [0.5, 0.6) is 0 Å². The molecule has 0 saturated heterocycles. The molecule has 68 valence electrons. The molecular formula is C10H16O2. The van der Waals surface area contributed by atoms with Crippen molar-refractivity contribution in [1.82, 2.24) is 0 Å². The predicted octanol–water partition coefficient (Wildman–Crippen LogP) is 2.75. The van der Waals surface area contributed by atoms with Gasteiger partial charge in [0.25, 0.3) is 0 Å². The predicted molar refractivity (Wildman–Crippen MR) is 47.7 cm³/mol. The molecular weight excluding hydrogens is 152 g/mol. The Hall–Kier alpha value is -0.760. The normalized spacial score (nSPS) is 14.7. The van der Waals surface area contributed by atoms with E-state index in [9.17, 15) is 5.11 Å². The second kappa shape index (κ2) is 3.31. The van der Waals surface area contributed by atoms with Crippen LogP contribution in [0.15, 0.2) is 22.8 Å². The standard InChI is InChI=1S/C10H16O2/c1-10(2,3)7-8(11)9-5-4-6-12-9/h4-6,8,11H,7H2,1-3H3. The van der Waals surface area contributed by atoms with Crippen molar-refractivity contribution in [1.29, 1.82) is 0 Å². The maximum Gasteiger partial charge on any atom is 0.132 e. The van der Waals surface area contributed by atoms with Gasteiger partial charge in [-0.05, 0) is 24.0 Å². The Bertz CT molecular complexity index is 218. The molecule has 2 nitrogen and oxygen atoms in total. The van der Waals surface area contributed by atoms with Gasteiger partial charge < -0.3 is 9.52 Å². The smallest absolute Gasteiger partial charge is 0.132 e. The summed E-state index contributed by atoms with van der Waals surface area (Å²) in [5, 5.41) is 9.65. The fourth-order valence-corrected chi connectivity index (χ4v) is 1.16. The van der Waals surface area contributed by atoms with E-state index in [2.05, 4.69) is 20.8 Å². The average molecular weight is 168 g/mol. The highest BCUT2D eigenvalue weighted by Crippen LogP contribution is 2.29. The van der Waals surface area contributed by atoms with Crippen LogP contribution < -0.4 is 0 Å². The molecule has 0 aliphatic carbocycles. The first-order valence-corrected chi connectivity index (χ1v) is 4.20. The van der Waals surface area contributed by atoms with Gasteiger partial charge in [0, 0.05) is 0 Å². The van der Waals surface area contributed by atoms with Crippen molar-refractivity contribution in [3.63, 3.8) is 0 Å². The summed E-state index contributed by atoms with van der Waals surface area (Å²) in [5.74, 6) is 0.657. The summed E-state index contributed by atoms with van der Waals surface area (Å²) in [6.07, 6.45) is 1.84. The van der Waals surface area contributed by atoms with E-state index in [4.69, 9.17) is 4.42 Å². The molecule has 0 radical (unpaired) electrons. The molecule has 0 bridgehead atoms. The molecule has 1 heterocycles. The summed E-state index contributed by atoms with van der Waals surface area (Å²) in [7, 11) is 0. The Morgan fingerprint density at radius 3 is 2.58 bits per heavy atom. The number of furan rings is 1. The third kappa shape index (κ3) is 2.70. The van der Waals surface area contributed by atoms with Crippen LogP contribution in [0.25, 0.3) is 0 Å². The number of aliphatic hydroxyl groups is 1. The van der Waals surface area contributed by atoms with E-state index in [1.807, 2.05) is 0 Å². The van der Waals surface area contributed by atoms with Gasteiger partial charge >= 0.3 is 0 Å². The van der Waals surface area contributed by atoms with Crippen molar-refractivity contribution in [3.05, 3.63) is 24.2 Å². The fourth-order valence-electron chi connectivity index (χ4n) is 1.16. The third-order valence-corrected chi connectivity index (χ3v) is 1.68. The molecule has 0 fully saturated rings. The molecule has 0 aliphatic heterocycles. The van der Waals surface area contributed by atoms with Crippen LogP contribution in [-0.2, 0) is 0 Å². The van der Waals surface area contributed by atoms with Crippen molar-refractivity contribution in [2.24, 2.45) is 5.41 Å². The van der Waals surface area contributed by atoms with Crippen molar-refractivity contribution >= 4 is 0 Å². The maximum atomic E-state index is 9.65. The van der Waals surface area contributed by atoms with E-state index in [-0.39, 0.29) is 5.41 Å². The van der Waals surface area contributed by atoms with Crippen LogP contribution in [0.3, 0.4) is 0 Å². The van der Waals surface area contributed by atoms with Gasteiger partial charge in [-0.2, -0.15) is 0 Å². The number of hydrogen-bond donors (Lipinski definition) is 1. The van der Waals surface area contributed by atoms with Crippen molar-refractivity contribution < 1.29 is 9.52 Å². The Labute approximate surface area is 73.2 Å². The van der Waals surface area contributed by atoms with Gasteiger partial charge in [-0.3, -0.25) is 0 Å². The molecule has 2 heteroatoms. The Morgan fingerprint density at radius 1 is 1.50 bits per heavy atom. The number of rotatable bonds is 2. The Morgan fingerprint density at radius 2 is 2.17 bits per heavy atom. The van der Waals surface area contributed by atoms with Crippen LogP contribution >= 0.6 is 0 Å². The summed E-state index contributed by atoms with van der Waals surface area (Å²) in [5.41, 5.74) is 0.131. The fraction of sp³-hybridized carbons (Fsp3) is 0.600. The average Bonchev–Trinajstić information content (AvgIpc) is 2.32. The zero-order valence-corrected chi connectivity index (χ0v) is 7.87. The minimum Gasteiger partial charge on any atom is -0.467 e. The highest BCUT2D eigenvalue weighted by Gasteiger charge is 2.19. The molecule has 1 rings (SSSR count). The zero-order chi connectivity index (χ0) is 9.19. The van der Waals surface area contributed by atoms with E-state index in [0.29, 0.717) is 5.76 Å². The van der Waals surface area contributed by atoms with Crippen molar-refractivity contribution in [2.45, 2.75) is 33.3 Å². The highest BCUT2D eigenvalue weighted by molar-refractivity contribution is 5.02. The minimum absolute atomic E-state index is 0.131. The van der Waals surface area contributed by atoms with Gasteiger partial charge in [0.1, 0.15) is 11.9 Å². The lowest BCUT2D eigenvalue weighted by atomic mass is 9.88. The molecule has 1 atom stereocenters. The van der Waals surface area contributed by atoms with Crippen LogP contribution in [0, 0.1) is 5.41 Å². The van der Waals surface area contributed by atoms with Crippen molar-refractivity contribution in [3.8, 4) is 0 Å². The van der Waals surface area contributed by atoms with E-state index in [1.165, 1.54) is 0 Å². The Kier molecular flexibility index (Phi) is 2.58. The van der Waals surface area contributed by atoms with Gasteiger partial charge in [-0.1, -0.05) is 20.8 Å². The van der Waals surface area contributed by atoms with Crippen LogP contribution in [0.1, 0.15) is 39.1 Å².